The molecular formula is C10H19NO3. The summed E-state index contributed by atoms with van der Waals surface area (Å²) in [6.07, 6.45) is 0.477. The van der Waals surface area contributed by atoms with Gasteiger partial charge >= 0.3 is 5.97 Å². The van der Waals surface area contributed by atoms with E-state index in [-0.39, 0.29) is 18.4 Å². The summed E-state index contributed by atoms with van der Waals surface area (Å²) in [5.74, 6) is -0.0500. The maximum atomic E-state index is 11.6. The Balaban J connectivity index is 4.12. The van der Waals surface area contributed by atoms with Crippen molar-refractivity contribution in [2.45, 2.75) is 27.2 Å². The van der Waals surface area contributed by atoms with Gasteiger partial charge in [-0.25, -0.2) is 0 Å². The minimum absolute atomic E-state index is 0.00731. The largest absolute Gasteiger partial charge is 0.468 e. The second-order valence-corrected chi connectivity index (χ2v) is 3.58. The average Bonchev–Trinajstić information content (AvgIpc) is 2.12. The van der Waals surface area contributed by atoms with E-state index < -0.39 is 0 Å². The summed E-state index contributed by atoms with van der Waals surface area (Å²) in [5, 5.41) is 0. The van der Waals surface area contributed by atoms with Gasteiger partial charge in [0, 0.05) is 13.0 Å². The molecule has 0 aliphatic rings. The number of carbonyl (C=O) groups is 2. The number of rotatable bonds is 5. The van der Waals surface area contributed by atoms with Crippen LogP contribution in [0.15, 0.2) is 0 Å². The molecule has 0 unspecified atom stereocenters. The van der Waals surface area contributed by atoms with E-state index in [4.69, 9.17) is 0 Å². The van der Waals surface area contributed by atoms with Gasteiger partial charge in [0.1, 0.15) is 6.54 Å². The SMILES string of the molecule is CCN(CC(=O)OC)C(=O)CC(C)C. The normalized spacial score (nSPS) is 10.1. The first kappa shape index (κ1) is 12.9. The van der Waals surface area contributed by atoms with E-state index in [9.17, 15) is 9.59 Å². The summed E-state index contributed by atoms with van der Waals surface area (Å²) in [6.45, 7) is 6.40. The lowest BCUT2D eigenvalue weighted by Gasteiger charge is -2.20. The second kappa shape index (κ2) is 6.40. The van der Waals surface area contributed by atoms with Gasteiger partial charge in [-0.1, -0.05) is 13.8 Å². The molecule has 1 amide bonds. The Hall–Kier alpha value is -1.06. The van der Waals surface area contributed by atoms with E-state index in [0.29, 0.717) is 18.9 Å². The lowest BCUT2D eigenvalue weighted by Crippen LogP contribution is -2.36. The summed E-state index contributed by atoms with van der Waals surface area (Å²) in [5.41, 5.74) is 0. The molecule has 4 nitrogen and oxygen atoms in total. The molecule has 0 aliphatic carbocycles. The minimum atomic E-state index is -0.371. The molecule has 4 heteroatoms. The predicted octanol–water partition coefficient (Wildman–Crippen LogP) is 1.05. The Bertz CT molecular complexity index is 202. The van der Waals surface area contributed by atoms with Crippen molar-refractivity contribution < 1.29 is 14.3 Å². The number of likely N-dealkylation sites (N-methyl/N-ethyl adjacent to an activating group) is 1. The third-order valence-corrected chi connectivity index (χ3v) is 1.86. The Labute approximate surface area is 85.2 Å². The fourth-order valence-corrected chi connectivity index (χ4v) is 1.08. The van der Waals surface area contributed by atoms with Crippen LogP contribution in [-0.4, -0.2) is 37.0 Å². The van der Waals surface area contributed by atoms with Gasteiger partial charge in [0.15, 0.2) is 0 Å². The topological polar surface area (TPSA) is 46.6 Å². The Morgan fingerprint density at radius 2 is 1.93 bits per heavy atom. The molecule has 0 aliphatic heterocycles. The standard InChI is InChI=1S/C10H19NO3/c1-5-11(7-10(13)14-4)9(12)6-8(2)3/h8H,5-7H2,1-4H3. The van der Waals surface area contributed by atoms with Gasteiger partial charge in [-0.05, 0) is 12.8 Å². The molecule has 0 atom stereocenters. The first-order chi connectivity index (χ1) is 6.51. The van der Waals surface area contributed by atoms with Crippen LogP contribution in [0.3, 0.4) is 0 Å². The highest BCUT2D eigenvalue weighted by Gasteiger charge is 2.16. The van der Waals surface area contributed by atoms with Gasteiger partial charge < -0.3 is 9.64 Å². The highest BCUT2D eigenvalue weighted by Crippen LogP contribution is 2.03. The van der Waals surface area contributed by atoms with Crippen LogP contribution in [0, 0.1) is 5.92 Å². The van der Waals surface area contributed by atoms with E-state index >= 15 is 0 Å². The molecule has 0 saturated carbocycles. The zero-order chi connectivity index (χ0) is 11.1. The number of esters is 1. The molecular weight excluding hydrogens is 182 g/mol. The zero-order valence-electron chi connectivity index (χ0n) is 9.37. The molecule has 14 heavy (non-hydrogen) atoms. The van der Waals surface area contributed by atoms with Crippen molar-refractivity contribution in [1.82, 2.24) is 4.90 Å². The molecule has 0 N–H and O–H groups in total. The van der Waals surface area contributed by atoms with Gasteiger partial charge in [-0.15, -0.1) is 0 Å². The highest BCUT2D eigenvalue weighted by atomic mass is 16.5. The summed E-state index contributed by atoms with van der Waals surface area (Å²) >= 11 is 0. The molecule has 0 radical (unpaired) electrons. The number of carbonyl (C=O) groups excluding carboxylic acids is 2. The lowest BCUT2D eigenvalue weighted by molar-refractivity contribution is -0.147. The van der Waals surface area contributed by atoms with Crippen LogP contribution in [0.4, 0.5) is 0 Å². The molecule has 0 aromatic rings. The summed E-state index contributed by atoms with van der Waals surface area (Å²) in [7, 11) is 1.32. The van der Waals surface area contributed by atoms with Crippen LogP contribution in [0.5, 0.6) is 0 Å². The van der Waals surface area contributed by atoms with Crippen molar-refractivity contribution in [2.75, 3.05) is 20.2 Å². The molecule has 0 heterocycles. The second-order valence-electron chi connectivity index (χ2n) is 3.58. The monoisotopic (exact) mass is 201 g/mol. The number of ether oxygens (including phenoxy) is 1. The van der Waals surface area contributed by atoms with Crippen LogP contribution in [0.2, 0.25) is 0 Å². The number of amides is 1. The van der Waals surface area contributed by atoms with E-state index in [2.05, 4.69) is 4.74 Å². The molecule has 0 spiro atoms. The van der Waals surface area contributed by atoms with Crippen molar-refractivity contribution in [1.29, 1.82) is 0 Å². The molecule has 0 aromatic heterocycles. The third kappa shape index (κ3) is 4.84. The molecule has 0 bridgehead atoms. The van der Waals surface area contributed by atoms with Crippen LogP contribution >= 0.6 is 0 Å². The number of methoxy groups -OCH3 is 1. The van der Waals surface area contributed by atoms with Crippen LogP contribution in [0.25, 0.3) is 0 Å². The maximum absolute atomic E-state index is 11.6. The average molecular weight is 201 g/mol. The molecule has 82 valence electrons. The van der Waals surface area contributed by atoms with Gasteiger partial charge in [0.2, 0.25) is 5.91 Å². The van der Waals surface area contributed by atoms with Crippen molar-refractivity contribution >= 4 is 11.9 Å². The number of hydrogen-bond acceptors (Lipinski definition) is 3. The molecule has 0 aromatic carbocycles. The maximum Gasteiger partial charge on any atom is 0.325 e. The van der Waals surface area contributed by atoms with Gasteiger partial charge in [-0.2, -0.15) is 0 Å². The quantitative estimate of drug-likeness (QED) is 0.625. The van der Waals surface area contributed by atoms with Crippen molar-refractivity contribution in [2.24, 2.45) is 5.92 Å². The van der Waals surface area contributed by atoms with Gasteiger partial charge in [0.05, 0.1) is 7.11 Å². The predicted molar refractivity (Wildman–Crippen MR) is 53.7 cm³/mol. The zero-order valence-corrected chi connectivity index (χ0v) is 9.37. The summed E-state index contributed by atoms with van der Waals surface area (Å²) < 4.78 is 4.50. The molecule has 0 fully saturated rings. The van der Waals surface area contributed by atoms with Gasteiger partial charge in [-0.3, -0.25) is 9.59 Å². The van der Waals surface area contributed by atoms with Crippen LogP contribution < -0.4 is 0 Å². The third-order valence-electron chi connectivity index (χ3n) is 1.86. The van der Waals surface area contributed by atoms with Crippen LogP contribution in [-0.2, 0) is 14.3 Å². The molecule has 0 saturated heterocycles. The van der Waals surface area contributed by atoms with Gasteiger partial charge in [0.25, 0.3) is 0 Å². The van der Waals surface area contributed by atoms with Crippen molar-refractivity contribution in [3.63, 3.8) is 0 Å². The number of hydrogen-bond donors (Lipinski definition) is 0. The highest BCUT2D eigenvalue weighted by molar-refractivity contribution is 5.82. The minimum Gasteiger partial charge on any atom is -0.468 e. The summed E-state index contributed by atoms with van der Waals surface area (Å²) in [6, 6.07) is 0. The first-order valence-electron chi connectivity index (χ1n) is 4.85. The van der Waals surface area contributed by atoms with E-state index in [0.717, 1.165) is 0 Å². The Morgan fingerprint density at radius 1 is 1.36 bits per heavy atom. The summed E-state index contributed by atoms with van der Waals surface area (Å²) in [4.78, 5) is 24.0. The van der Waals surface area contributed by atoms with E-state index in [1.807, 2.05) is 20.8 Å². The van der Waals surface area contributed by atoms with Crippen molar-refractivity contribution in [3.8, 4) is 0 Å². The number of nitrogens with zero attached hydrogens (tertiary/aromatic N) is 1. The fourth-order valence-electron chi connectivity index (χ4n) is 1.08. The fraction of sp³-hybridized carbons (Fsp3) is 0.800. The van der Waals surface area contributed by atoms with E-state index in [1.54, 1.807) is 0 Å². The first-order valence-corrected chi connectivity index (χ1v) is 4.85. The smallest absolute Gasteiger partial charge is 0.325 e. The lowest BCUT2D eigenvalue weighted by atomic mass is 10.1. The van der Waals surface area contributed by atoms with Crippen molar-refractivity contribution in [3.05, 3.63) is 0 Å². The Morgan fingerprint density at radius 3 is 2.29 bits per heavy atom. The van der Waals surface area contributed by atoms with Crippen LogP contribution in [0.1, 0.15) is 27.2 Å². The Kier molecular flexibility index (Phi) is 5.92. The molecule has 0 rings (SSSR count). The van der Waals surface area contributed by atoms with E-state index in [1.165, 1.54) is 12.0 Å².